The molecule has 0 aliphatic carbocycles. The van der Waals surface area contributed by atoms with Crippen LogP contribution in [0, 0.1) is 0 Å². The lowest BCUT2D eigenvalue weighted by molar-refractivity contribution is -0.139. The summed E-state index contributed by atoms with van der Waals surface area (Å²) in [5.74, 6) is 1.48. The first kappa shape index (κ1) is 25.4. The second kappa shape index (κ2) is 17.8. The van der Waals surface area contributed by atoms with Crippen LogP contribution < -0.4 is 27.4 Å². The Balaban J connectivity index is 0.000000363. The van der Waals surface area contributed by atoms with E-state index in [1.807, 2.05) is 0 Å². The highest BCUT2D eigenvalue weighted by Crippen LogP contribution is 2.09. The minimum Gasteiger partial charge on any atom is -0.480 e. The summed E-state index contributed by atoms with van der Waals surface area (Å²) in [5.41, 5.74) is 10.6. The van der Waals surface area contributed by atoms with Crippen molar-refractivity contribution in [3.8, 4) is 0 Å². The molecular weight excluding hydrogens is 378 g/mol. The van der Waals surface area contributed by atoms with E-state index in [4.69, 9.17) is 21.7 Å². The Hall–Kier alpha value is -0.560. The third kappa shape index (κ3) is 14.6. The molecule has 2 aliphatic heterocycles. The summed E-state index contributed by atoms with van der Waals surface area (Å²) in [6, 6.07) is -0.611. The first-order valence-corrected chi connectivity index (χ1v) is 11.0. The zero-order chi connectivity index (χ0) is 19.6. The smallest absolute Gasteiger partial charge is 0.321 e. The largest absolute Gasteiger partial charge is 0.480 e. The molecule has 9 nitrogen and oxygen atoms in total. The number of carbonyl (C=O) groups is 2. The van der Waals surface area contributed by atoms with E-state index in [9.17, 15) is 9.59 Å². The van der Waals surface area contributed by atoms with Gasteiger partial charge in [0.1, 0.15) is 12.1 Å². The molecule has 0 aromatic heterocycles. The van der Waals surface area contributed by atoms with Gasteiger partial charge >= 0.3 is 11.9 Å². The Morgan fingerprint density at radius 1 is 0.885 bits per heavy atom. The number of nitrogens with two attached hydrogens (primary N) is 2. The molecule has 2 atom stereocenters. The van der Waals surface area contributed by atoms with Crippen LogP contribution in [0.2, 0.25) is 0 Å². The van der Waals surface area contributed by atoms with E-state index in [0.29, 0.717) is 11.5 Å². The second-order valence-electron chi connectivity index (χ2n) is 5.61. The van der Waals surface area contributed by atoms with Gasteiger partial charge < -0.3 is 27.0 Å². The van der Waals surface area contributed by atoms with Crippen molar-refractivity contribution in [1.82, 2.24) is 16.0 Å². The van der Waals surface area contributed by atoms with E-state index < -0.39 is 11.9 Å². The first-order chi connectivity index (χ1) is 12.5. The fourth-order valence-electron chi connectivity index (χ4n) is 1.85. The van der Waals surface area contributed by atoms with E-state index in [1.165, 1.54) is 6.42 Å². The third-order valence-electron chi connectivity index (χ3n) is 3.39. The van der Waals surface area contributed by atoms with Crippen LogP contribution in [-0.2, 0) is 9.59 Å². The van der Waals surface area contributed by atoms with Crippen molar-refractivity contribution < 1.29 is 19.8 Å². The average Bonchev–Trinajstić information content (AvgIpc) is 3.33. The molecule has 0 saturated carbocycles. The van der Waals surface area contributed by atoms with Gasteiger partial charge in [0.2, 0.25) is 0 Å². The molecule has 0 bridgehead atoms. The average molecular weight is 412 g/mol. The quantitative estimate of drug-likeness (QED) is 0.236. The topological polar surface area (TPSA) is 163 Å². The fourth-order valence-corrected chi connectivity index (χ4v) is 3.72. The molecule has 0 radical (unpaired) electrons. The number of unbranched alkanes of at least 4 members (excludes halogenated alkanes) is 1. The van der Waals surface area contributed by atoms with Crippen molar-refractivity contribution >= 4 is 35.5 Å². The molecule has 2 aliphatic rings. The zero-order valence-corrected chi connectivity index (χ0v) is 16.7. The summed E-state index contributed by atoms with van der Waals surface area (Å²) in [4.78, 5) is 20.3. The third-order valence-corrected chi connectivity index (χ3v) is 5.27. The molecule has 0 aromatic carbocycles. The van der Waals surface area contributed by atoms with Crippen molar-refractivity contribution in [3.63, 3.8) is 0 Å². The maximum atomic E-state index is 10.1. The summed E-state index contributed by atoms with van der Waals surface area (Å²) in [6.07, 6.45) is 3.37. The van der Waals surface area contributed by atoms with E-state index in [0.717, 1.165) is 50.8 Å². The number of nitrogens with one attached hydrogen (secondary N) is 3. The maximum Gasteiger partial charge on any atom is 0.321 e. The molecule has 2 rings (SSSR count). The minimum atomic E-state index is -0.741. The van der Waals surface area contributed by atoms with Crippen LogP contribution in [0.15, 0.2) is 0 Å². The molecule has 154 valence electrons. The molecule has 2 unspecified atom stereocenters. The highest BCUT2D eigenvalue weighted by atomic mass is 32.2. The molecule has 9 N–H and O–H groups in total. The molecule has 2 saturated heterocycles. The Morgan fingerprint density at radius 3 is 1.65 bits per heavy atom. The summed E-state index contributed by atoms with van der Waals surface area (Å²) < 4.78 is 0. The summed E-state index contributed by atoms with van der Waals surface area (Å²) in [5, 5.41) is 25.6. The second-order valence-corrected chi connectivity index (χ2v) is 7.67. The van der Waals surface area contributed by atoms with E-state index in [2.05, 4.69) is 16.0 Å². The molecule has 11 heteroatoms. The van der Waals surface area contributed by atoms with Gasteiger partial charge in [-0.3, -0.25) is 20.2 Å². The van der Waals surface area contributed by atoms with Crippen molar-refractivity contribution in [1.29, 1.82) is 0 Å². The first-order valence-electron chi connectivity index (χ1n) is 8.71. The highest BCUT2D eigenvalue weighted by molar-refractivity contribution is 7.99. The molecule has 0 aromatic rings. The fraction of sp³-hybridized carbons (Fsp3) is 0.867. The van der Waals surface area contributed by atoms with Gasteiger partial charge in [-0.05, 0) is 45.4 Å². The normalized spacial score (nSPS) is 21.3. The van der Waals surface area contributed by atoms with Crippen molar-refractivity contribution in [2.75, 3.05) is 49.4 Å². The molecule has 2 fully saturated rings. The van der Waals surface area contributed by atoms with Crippen LogP contribution in [0.5, 0.6) is 0 Å². The molecule has 26 heavy (non-hydrogen) atoms. The number of aliphatic carboxylic acids is 2. The number of carboxylic acids is 2. The predicted molar refractivity (Wildman–Crippen MR) is 109 cm³/mol. The standard InChI is InChI=1S/C7H19N3.2C4H7NO2S/c8-4-1-2-6-10-7-3-5-9;2*6-4(7)3-1-8-2-5-3/h10H,1-9H2;2*3,5H,1-2H2,(H,6,7). The Kier molecular flexibility index (Phi) is 17.4. The van der Waals surface area contributed by atoms with E-state index >= 15 is 0 Å². The van der Waals surface area contributed by atoms with Crippen LogP contribution in [0.1, 0.15) is 19.3 Å². The minimum absolute atomic E-state index is 0.306. The lowest BCUT2D eigenvalue weighted by atomic mass is 10.3. The van der Waals surface area contributed by atoms with E-state index in [1.54, 1.807) is 23.5 Å². The van der Waals surface area contributed by atoms with Gasteiger partial charge in [0.15, 0.2) is 0 Å². The molecule has 2 heterocycles. The number of hydrogen-bond donors (Lipinski definition) is 7. The SMILES string of the molecule is NCCCCNCCCN.O=C(O)C1CSCN1.O=C(O)C1CSCN1. The summed E-state index contributed by atoms with van der Waals surface area (Å²) in [6.45, 7) is 3.71. The Bertz CT molecular complexity index is 334. The van der Waals surface area contributed by atoms with Crippen LogP contribution in [0.25, 0.3) is 0 Å². The maximum absolute atomic E-state index is 10.1. The highest BCUT2D eigenvalue weighted by Gasteiger charge is 2.21. The molecule has 0 spiro atoms. The van der Waals surface area contributed by atoms with Gasteiger partial charge in [0, 0.05) is 23.3 Å². The van der Waals surface area contributed by atoms with Gasteiger partial charge in [-0.2, -0.15) is 0 Å². The lowest BCUT2D eigenvalue weighted by Crippen LogP contribution is -2.32. The number of hydrogen-bond acceptors (Lipinski definition) is 9. The van der Waals surface area contributed by atoms with Gasteiger partial charge in [-0.15, -0.1) is 23.5 Å². The van der Waals surface area contributed by atoms with Gasteiger partial charge in [0.05, 0.1) is 0 Å². The number of rotatable bonds is 9. The van der Waals surface area contributed by atoms with Crippen LogP contribution >= 0.6 is 23.5 Å². The molecular formula is C15H33N5O4S2. The van der Waals surface area contributed by atoms with Gasteiger partial charge in [-0.25, -0.2) is 0 Å². The van der Waals surface area contributed by atoms with Crippen molar-refractivity contribution in [2.45, 2.75) is 31.3 Å². The number of thioether (sulfide) groups is 2. The van der Waals surface area contributed by atoms with Crippen LogP contribution in [0.3, 0.4) is 0 Å². The number of carboxylic acid groups (broad SMARTS) is 2. The van der Waals surface area contributed by atoms with Gasteiger partial charge in [-0.1, -0.05) is 0 Å². The predicted octanol–water partition coefficient (Wildman–Crippen LogP) is -0.869. The van der Waals surface area contributed by atoms with Crippen LogP contribution in [-0.4, -0.2) is 83.7 Å². The summed E-state index contributed by atoms with van der Waals surface area (Å²) in [7, 11) is 0. The van der Waals surface area contributed by atoms with Crippen LogP contribution in [0.4, 0.5) is 0 Å². The zero-order valence-electron chi connectivity index (χ0n) is 15.1. The lowest BCUT2D eigenvalue weighted by Gasteiger charge is -2.01. The molecule has 0 amide bonds. The van der Waals surface area contributed by atoms with E-state index in [-0.39, 0.29) is 12.1 Å². The summed E-state index contributed by atoms with van der Waals surface area (Å²) >= 11 is 3.24. The Morgan fingerprint density at radius 2 is 1.35 bits per heavy atom. The monoisotopic (exact) mass is 411 g/mol. The van der Waals surface area contributed by atoms with Crippen molar-refractivity contribution in [3.05, 3.63) is 0 Å². The van der Waals surface area contributed by atoms with Gasteiger partial charge in [0.25, 0.3) is 0 Å². The Labute approximate surface area is 163 Å². The van der Waals surface area contributed by atoms with Crippen molar-refractivity contribution in [2.24, 2.45) is 11.5 Å².